The molecule has 30 heavy (non-hydrogen) atoms. The fourth-order valence-electron chi connectivity index (χ4n) is 4.05. The van der Waals surface area contributed by atoms with Gasteiger partial charge < -0.3 is 9.47 Å². The van der Waals surface area contributed by atoms with Gasteiger partial charge in [0.05, 0.1) is 0 Å². The predicted molar refractivity (Wildman–Crippen MR) is 117 cm³/mol. The Bertz CT molecular complexity index is 883. The Balaban J connectivity index is 1.74. The maximum absolute atomic E-state index is 12.8. The smallest absolute Gasteiger partial charge is 0.410 e. The van der Waals surface area contributed by atoms with E-state index in [4.69, 9.17) is 9.47 Å². The second-order valence-electron chi connectivity index (χ2n) is 9.14. The predicted octanol–water partition coefficient (Wildman–Crippen LogP) is 5.23. The lowest BCUT2D eigenvalue weighted by atomic mass is 9.98. The summed E-state index contributed by atoms with van der Waals surface area (Å²) in [7, 11) is 1.59. The van der Waals surface area contributed by atoms with Gasteiger partial charge in [-0.2, -0.15) is 0 Å². The molecule has 0 fully saturated rings. The zero-order valence-electron chi connectivity index (χ0n) is 18.6. The number of hydrogen-bond donors (Lipinski definition) is 0. The van der Waals surface area contributed by atoms with Gasteiger partial charge in [0.15, 0.2) is 0 Å². The average molecular weight is 410 g/mol. The molecule has 0 N–H and O–H groups in total. The average Bonchev–Trinajstić information content (AvgIpc) is 2.98. The van der Waals surface area contributed by atoms with Crippen LogP contribution in [0.25, 0.3) is 11.1 Å². The van der Waals surface area contributed by atoms with Gasteiger partial charge in [-0.15, -0.1) is 0 Å². The van der Waals surface area contributed by atoms with E-state index in [0.717, 1.165) is 11.1 Å². The molecular formula is C25H31NO4. The number of likely N-dealkylation sites (N-methyl/N-ethyl adjacent to an activating group) is 1. The molecule has 3 rings (SSSR count). The Morgan fingerprint density at radius 3 is 1.93 bits per heavy atom. The number of esters is 1. The molecule has 1 aliphatic carbocycles. The van der Waals surface area contributed by atoms with Gasteiger partial charge in [0.2, 0.25) is 0 Å². The van der Waals surface area contributed by atoms with Crippen molar-refractivity contribution in [2.24, 2.45) is 5.92 Å². The van der Waals surface area contributed by atoms with Crippen LogP contribution in [0.2, 0.25) is 0 Å². The first-order chi connectivity index (χ1) is 14.1. The van der Waals surface area contributed by atoms with Crippen LogP contribution in [-0.2, 0) is 14.3 Å². The molecular weight excluding hydrogens is 378 g/mol. The molecule has 0 heterocycles. The van der Waals surface area contributed by atoms with Gasteiger partial charge >= 0.3 is 12.1 Å². The number of hydrogen-bond acceptors (Lipinski definition) is 4. The van der Waals surface area contributed by atoms with Gasteiger partial charge in [-0.1, -0.05) is 62.4 Å². The number of ether oxygens (including phenoxy) is 2. The molecule has 5 heteroatoms. The number of rotatable bonds is 5. The van der Waals surface area contributed by atoms with Crippen LogP contribution >= 0.6 is 0 Å². The van der Waals surface area contributed by atoms with E-state index in [1.165, 1.54) is 16.0 Å². The fourth-order valence-corrected chi connectivity index (χ4v) is 4.05. The van der Waals surface area contributed by atoms with Crippen molar-refractivity contribution in [1.82, 2.24) is 4.90 Å². The first-order valence-electron chi connectivity index (χ1n) is 10.4. The minimum atomic E-state index is -0.708. The molecule has 2 aromatic rings. The Labute approximate surface area is 179 Å². The summed E-state index contributed by atoms with van der Waals surface area (Å²) in [5.41, 5.74) is 4.04. The Morgan fingerprint density at radius 2 is 1.47 bits per heavy atom. The second-order valence-corrected chi connectivity index (χ2v) is 9.14. The molecule has 0 aliphatic heterocycles. The van der Waals surface area contributed by atoms with E-state index in [-0.39, 0.29) is 18.4 Å². The fraction of sp³-hybridized carbons (Fsp3) is 0.440. The Hall–Kier alpha value is -2.82. The highest BCUT2D eigenvalue weighted by molar-refractivity contribution is 5.82. The molecule has 1 atom stereocenters. The summed E-state index contributed by atoms with van der Waals surface area (Å²) in [4.78, 5) is 26.9. The molecule has 0 radical (unpaired) electrons. The molecule has 1 aliphatic rings. The van der Waals surface area contributed by atoms with Gasteiger partial charge in [0, 0.05) is 13.0 Å². The van der Waals surface area contributed by atoms with Crippen LogP contribution in [0, 0.1) is 5.92 Å². The van der Waals surface area contributed by atoms with E-state index < -0.39 is 23.7 Å². The summed E-state index contributed by atoms with van der Waals surface area (Å²) in [5.74, 6) is -0.549. The normalized spacial score (nSPS) is 14.1. The lowest BCUT2D eigenvalue weighted by Crippen LogP contribution is -2.48. The van der Waals surface area contributed by atoms with E-state index in [1.54, 1.807) is 7.05 Å². The van der Waals surface area contributed by atoms with Crippen molar-refractivity contribution in [2.75, 3.05) is 13.7 Å². The zero-order chi connectivity index (χ0) is 22.1. The molecule has 0 unspecified atom stereocenters. The van der Waals surface area contributed by atoms with Crippen LogP contribution in [0.3, 0.4) is 0 Å². The van der Waals surface area contributed by atoms with Crippen LogP contribution in [0.5, 0.6) is 0 Å². The summed E-state index contributed by atoms with van der Waals surface area (Å²) in [6.45, 7) is 9.45. The van der Waals surface area contributed by atoms with Crippen LogP contribution in [-0.4, -0.2) is 42.3 Å². The van der Waals surface area contributed by atoms with E-state index >= 15 is 0 Å². The van der Waals surface area contributed by atoms with Gasteiger partial charge in [0.25, 0.3) is 0 Å². The monoisotopic (exact) mass is 409 g/mol. The minimum Gasteiger partial charge on any atom is -0.458 e. The standard InChI is InChI=1S/C25H31NO4/c1-16(2)22(23(27)30-25(3,4)5)26(6)24(28)29-15-21-19-13-9-7-11-17(19)18-12-8-10-14-20(18)21/h7-14,16,21-22H,15H2,1-6H3/t22-/m0/s1. The van der Waals surface area contributed by atoms with Crippen LogP contribution in [0.4, 0.5) is 4.79 Å². The summed E-state index contributed by atoms with van der Waals surface area (Å²) in [5, 5.41) is 0. The summed E-state index contributed by atoms with van der Waals surface area (Å²) < 4.78 is 11.2. The summed E-state index contributed by atoms with van der Waals surface area (Å²) in [6, 6.07) is 15.7. The first kappa shape index (κ1) is 21.9. The molecule has 1 amide bonds. The SMILES string of the molecule is CC(C)[C@@H](C(=O)OC(C)(C)C)N(C)C(=O)OCC1c2ccccc2-c2ccccc21. The maximum atomic E-state index is 12.8. The Morgan fingerprint density at radius 1 is 0.967 bits per heavy atom. The van der Waals surface area contributed by atoms with E-state index in [0.29, 0.717) is 0 Å². The number of carbonyl (C=O) groups excluding carboxylic acids is 2. The summed E-state index contributed by atoms with van der Waals surface area (Å²) >= 11 is 0. The number of benzene rings is 2. The number of fused-ring (bicyclic) bond motifs is 3. The molecule has 0 spiro atoms. The Kier molecular flexibility index (Phi) is 6.20. The summed E-state index contributed by atoms with van der Waals surface area (Å²) in [6.07, 6.45) is -0.526. The minimum absolute atomic E-state index is 0.0197. The topological polar surface area (TPSA) is 55.8 Å². The molecule has 0 aromatic heterocycles. The van der Waals surface area contributed by atoms with E-state index in [9.17, 15) is 9.59 Å². The lowest BCUT2D eigenvalue weighted by molar-refractivity contribution is -0.162. The van der Waals surface area contributed by atoms with Gasteiger partial charge in [0.1, 0.15) is 18.2 Å². The van der Waals surface area contributed by atoms with Crippen LogP contribution < -0.4 is 0 Å². The van der Waals surface area contributed by atoms with Crippen molar-refractivity contribution in [3.05, 3.63) is 59.7 Å². The molecule has 0 saturated carbocycles. The lowest BCUT2D eigenvalue weighted by Gasteiger charge is -2.31. The van der Waals surface area contributed by atoms with Crippen LogP contribution in [0.15, 0.2) is 48.5 Å². The highest BCUT2D eigenvalue weighted by atomic mass is 16.6. The van der Waals surface area contributed by atoms with Gasteiger partial charge in [-0.25, -0.2) is 9.59 Å². The molecule has 5 nitrogen and oxygen atoms in total. The molecule has 160 valence electrons. The van der Waals surface area contributed by atoms with E-state index in [2.05, 4.69) is 24.3 Å². The molecule has 0 bridgehead atoms. The van der Waals surface area contributed by atoms with Crippen LogP contribution in [0.1, 0.15) is 51.7 Å². The van der Waals surface area contributed by atoms with Crippen molar-refractivity contribution in [2.45, 2.75) is 52.2 Å². The molecule has 0 saturated heterocycles. The van der Waals surface area contributed by atoms with Gasteiger partial charge in [-0.3, -0.25) is 4.90 Å². The van der Waals surface area contributed by atoms with Crippen molar-refractivity contribution < 1.29 is 19.1 Å². The van der Waals surface area contributed by atoms with E-state index in [1.807, 2.05) is 58.9 Å². The highest BCUT2D eigenvalue weighted by Crippen LogP contribution is 2.44. The molecule has 2 aromatic carbocycles. The van der Waals surface area contributed by atoms with Crippen molar-refractivity contribution in [1.29, 1.82) is 0 Å². The highest BCUT2D eigenvalue weighted by Gasteiger charge is 2.35. The third-order valence-electron chi connectivity index (χ3n) is 5.32. The second kappa shape index (κ2) is 8.50. The quantitative estimate of drug-likeness (QED) is 0.634. The third-order valence-corrected chi connectivity index (χ3v) is 5.32. The first-order valence-corrected chi connectivity index (χ1v) is 10.4. The largest absolute Gasteiger partial charge is 0.458 e. The third kappa shape index (κ3) is 4.50. The number of amides is 1. The zero-order valence-corrected chi connectivity index (χ0v) is 18.6. The number of carbonyl (C=O) groups is 2. The maximum Gasteiger partial charge on any atom is 0.410 e. The number of nitrogens with zero attached hydrogens (tertiary/aromatic N) is 1. The van der Waals surface area contributed by atoms with Crippen molar-refractivity contribution in [3.8, 4) is 11.1 Å². The van der Waals surface area contributed by atoms with Crippen molar-refractivity contribution in [3.63, 3.8) is 0 Å². The van der Waals surface area contributed by atoms with Crippen molar-refractivity contribution >= 4 is 12.1 Å². The van der Waals surface area contributed by atoms with Gasteiger partial charge in [-0.05, 0) is 48.9 Å².